The summed E-state index contributed by atoms with van der Waals surface area (Å²) in [6.45, 7) is 1.60. The topological polar surface area (TPSA) is 46.3 Å². The molecule has 0 aliphatic carbocycles. The van der Waals surface area contributed by atoms with Gasteiger partial charge < -0.3 is 9.63 Å². The second kappa shape index (κ2) is 3.82. The van der Waals surface area contributed by atoms with Crippen LogP contribution in [0.5, 0.6) is 0 Å². The molecule has 0 amide bonds. The normalized spacial score (nSPS) is 10.6. The Labute approximate surface area is 86.1 Å². The molecule has 0 fully saturated rings. The fraction of sp³-hybridized carbons (Fsp3) is 0.182. The minimum Gasteiger partial charge on any atom is -0.388 e. The fourth-order valence-corrected chi connectivity index (χ4v) is 1.41. The van der Waals surface area contributed by atoms with E-state index in [0.29, 0.717) is 17.0 Å². The van der Waals surface area contributed by atoms with Gasteiger partial charge in [0.1, 0.15) is 18.1 Å². The number of hydrogen-bond acceptors (Lipinski definition) is 3. The van der Waals surface area contributed by atoms with Gasteiger partial charge in [-0.25, -0.2) is 4.39 Å². The molecule has 4 heteroatoms. The van der Waals surface area contributed by atoms with Crippen LogP contribution in [0, 0.1) is 12.7 Å². The first-order valence-electron chi connectivity index (χ1n) is 4.53. The molecule has 2 aromatic rings. The molecule has 0 unspecified atom stereocenters. The van der Waals surface area contributed by atoms with Crippen molar-refractivity contribution >= 4 is 0 Å². The maximum Gasteiger partial charge on any atom is 0.162 e. The van der Waals surface area contributed by atoms with Crippen LogP contribution in [0.4, 0.5) is 4.39 Å². The molecule has 0 aliphatic rings. The van der Waals surface area contributed by atoms with Gasteiger partial charge in [0.15, 0.2) is 5.76 Å². The second-order valence-corrected chi connectivity index (χ2v) is 3.35. The molecule has 78 valence electrons. The first-order chi connectivity index (χ1) is 7.19. The lowest BCUT2D eigenvalue weighted by atomic mass is 10.1. The van der Waals surface area contributed by atoms with E-state index in [2.05, 4.69) is 5.16 Å². The molecule has 1 N–H and O–H groups in total. The van der Waals surface area contributed by atoms with Crippen LogP contribution >= 0.6 is 0 Å². The Bertz CT molecular complexity index is 459. The minimum absolute atomic E-state index is 0.207. The predicted molar refractivity (Wildman–Crippen MR) is 52.6 cm³/mol. The van der Waals surface area contributed by atoms with Crippen LogP contribution in [0.15, 0.2) is 28.8 Å². The van der Waals surface area contributed by atoms with Gasteiger partial charge in [0.05, 0.1) is 0 Å². The van der Waals surface area contributed by atoms with Crippen LogP contribution in [0.3, 0.4) is 0 Å². The van der Waals surface area contributed by atoms with E-state index in [1.807, 2.05) is 6.07 Å². The van der Waals surface area contributed by atoms with Crippen LogP contribution in [-0.4, -0.2) is 10.3 Å². The highest BCUT2D eigenvalue weighted by Crippen LogP contribution is 2.21. The molecule has 1 aromatic heterocycles. The van der Waals surface area contributed by atoms with Gasteiger partial charge in [0, 0.05) is 11.6 Å². The van der Waals surface area contributed by atoms with Crippen molar-refractivity contribution in [2.45, 2.75) is 13.5 Å². The van der Waals surface area contributed by atoms with Crippen molar-refractivity contribution in [2.75, 3.05) is 0 Å². The highest BCUT2D eigenvalue weighted by atomic mass is 19.1. The maximum absolute atomic E-state index is 13.1. The number of halogens is 1. The molecular weight excluding hydrogens is 197 g/mol. The van der Waals surface area contributed by atoms with Crippen molar-refractivity contribution in [3.8, 4) is 11.3 Å². The van der Waals surface area contributed by atoms with E-state index >= 15 is 0 Å². The zero-order valence-corrected chi connectivity index (χ0v) is 8.20. The summed E-state index contributed by atoms with van der Waals surface area (Å²) in [5.74, 6) is 0.0606. The van der Waals surface area contributed by atoms with E-state index < -0.39 is 0 Å². The van der Waals surface area contributed by atoms with Crippen LogP contribution in [0.2, 0.25) is 0 Å². The number of aryl methyl sites for hydroxylation is 1. The Hall–Kier alpha value is -1.68. The van der Waals surface area contributed by atoms with Gasteiger partial charge in [-0.3, -0.25) is 0 Å². The van der Waals surface area contributed by atoms with Crippen LogP contribution in [0.25, 0.3) is 11.3 Å². The molecule has 0 atom stereocenters. The number of rotatable bonds is 2. The SMILES string of the molecule is Cc1cc(F)cc(-c2cc(CO)on2)c1. The predicted octanol–water partition coefficient (Wildman–Crippen LogP) is 2.28. The summed E-state index contributed by atoms with van der Waals surface area (Å²) in [5.41, 5.74) is 2.00. The monoisotopic (exact) mass is 207 g/mol. The van der Waals surface area contributed by atoms with Gasteiger partial charge in [-0.05, 0) is 30.7 Å². The number of aromatic nitrogens is 1. The molecule has 0 saturated heterocycles. The molecule has 15 heavy (non-hydrogen) atoms. The fourth-order valence-electron chi connectivity index (χ4n) is 1.41. The Kier molecular flexibility index (Phi) is 2.51. The lowest BCUT2D eigenvalue weighted by molar-refractivity contribution is 0.229. The largest absolute Gasteiger partial charge is 0.388 e. The number of hydrogen-bond donors (Lipinski definition) is 1. The molecule has 3 nitrogen and oxygen atoms in total. The van der Waals surface area contributed by atoms with Crippen molar-refractivity contribution < 1.29 is 14.0 Å². The summed E-state index contributed by atoms with van der Waals surface area (Å²) in [4.78, 5) is 0. The van der Waals surface area contributed by atoms with E-state index in [0.717, 1.165) is 5.56 Å². The Morgan fingerprint density at radius 3 is 2.73 bits per heavy atom. The summed E-state index contributed by atoms with van der Waals surface area (Å²) >= 11 is 0. The molecule has 1 heterocycles. The van der Waals surface area contributed by atoms with Crippen LogP contribution in [0.1, 0.15) is 11.3 Å². The van der Waals surface area contributed by atoms with Gasteiger partial charge in [0.25, 0.3) is 0 Å². The smallest absolute Gasteiger partial charge is 0.162 e. The molecule has 0 aliphatic heterocycles. The van der Waals surface area contributed by atoms with Crippen molar-refractivity contribution in [1.82, 2.24) is 5.16 Å². The lowest BCUT2D eigenvalue weighted by Crippen LogP contribution is -1.83. The van der Waals surface area contributed by atoms with Crippen molar-refractivity contribution in [1.29, 1.82) is 0 Å². The number of aliphatic hydroxyl groups excluding tert-OH is 1. The van der Waals surface area contributed by atoms with Gasteiger partial charge in [-0.15, -0.1) is 0 Å². The molecule has 0 bridgehead atoms. The van der Waals surface area contributed by atoms with Crippen LogP contribution in [-0.2, 0) is 6.61 Å². The summed E-state index contributed by atoms with van der Waals surface area (Å²) in [6, 6.07) is 6.22. The Morgan fingerprint density at radius 1 is 1.33 bits per heavy atom. The second-order valence-electron chi connectivity index (χ2n) is 3.35. The molecule has 1 aromatic carbocycles. The summed E-state index contributed by atoms with van der Waals surface area (Å²) in [7, 11) is 0. The minimum atomic E-state index is -0.307. The highest BCUT2D eigenvalue weighted by Gasteiger charge is 2.07. The molecule has 2 rings (SSSR count). The van der Waals surface area contributed by atoms with Crippen molar-refractivity contribution in [3.05, 3.63) is 41.4 Å². The zero-order chi connectivity index (χ0) is 10.8. The van der Waals surface area contributed by atoms with E-state index in [1.165, 1.54) is 12.1 Å². The molecule has 0 spiro atoms. The molecular formula is C11H10FNO2. The first-order valence-corrected chi connectivity index (χ1v) is 4.53. The van der Waals surface area contributed by atoms with E-state index in [4.69, 9.17) is 9.63 Å². The highest BCUT2D eigenvalue weighted by molar-refractivity contribution is 5.59. The lowest BCUT2D eigenvalue weighted by Gasteiger charge is -1.98. The number of nitrogens with zero attached hydrogens (tertiary/aromatic N) is 1. The quantitative estimate of drug-likeness (QED) is 0.821. The number of benzene rings is 1. The first kappa shape index (κ1) is 9.86. The third kappa shape index (κ3) is 2.05. The van der Waals surface area contributed by atoms with E-state index in [-0.39, 0.29) is 12.4 Å². The average molecular weight is 207 g/mol. The standard InChI is InChI=1S/C11H10FNO2/c1-7-2-8(4-9(12)3-7)11-5-10(6-14)15-13-11/h2-5,14H,6H2,1H3. The summed E-state index contributed by atoms with van der Waals surface area (Å²) in [6.07, 6.45) is 0. The average Bonchev–Trinajstić information content (AvgIpc) is 2.64. The Balaban J connectivity index is 2.44. The zero-order valence-electron chi connectivity index (χ0n) is 8.20. The molecule has 0 radical (unpaired) electrons. The number of aliphatic hydroxyl groups is 1. The summed E-state index contributed by atoms with van der Waals surface area (Å²) < 4.78 is 17.9. The van der Waals surface area contributed by atoms with E-state index in [1.54, 1.807) is 13.0 Å². The Morgan fingerprint density at radius 2 is 2.13 bits per heavy atom. The van der Waals surface area contributed by atoms with Crippen molar-refractivity contribution in [2.24, 2.45) is 0 Å². The third-order valence-corrected chi connectivity index (χ3v) is 2.05. The summed E-state index contributed by atoms with van der Waals surface area (Å²) in [5, 5.41) is 12.5. The maximum atomic E-state index is 13.1. The molecule has 0 saturated carbocycles. The van der Waals surface area contributed by atoms with Crippen molar-refractivity contribution in [3.63, 3.8) is 0 Å². The van der Waals surface area contributed by atoms with Gasteiger partial charge in [0.2, 0.25) is 0 Å². The third-order valence-electron chi connectivity index (χ3n) is 2.05. The van der Waals surface area contributed by atoms with E-state index in [9.17, 15) is 4.39 Å². The van der Waals surface area contributed by atoms with Gasteiger partial charge in [-0.1, -0.05) is 5.16 Å². The van der Waals surface area contributed by atoms with Gasteiger partial charge in [-0.2, -0.15) is 0 Å². The van der Waals surface area contributed by atoms with Crippen LogP contribution < -0.4 is 0 Å². The van der Waals surface area contributed by atoms with Gasteiger partial charge >= 0.3 is 0 Å².